The van der Waals surface area contributed by atoms with Gasteiger partial charge in [0, 0.05) is 7.05 Å². The average molecular weight is 285 g/mol. The zero-order valence-electron chi connectivity index (χ0n) is 11.5. The van der Waals surface area contributed by atoms with Gasteiger partial charge in [0.05, 0.1) is 5.56 Å². The minimum atomic E-state index is -0.572. The second kappa shape index (κ2) is 7.09. The fraction of sp³-hybridized carbons (Fsp3) is 0.125. The van der Waals surface area contributed by atoms with Crippen molar-refractivity contribution in [2.75, 3.05) is 13.7 Å². The van der Waals surface area contributed by atoms with Crippen LogP contribution in [0.2, 0.25) is 0 Å². The third kappa shape index (κ3) is 4.35. The van der Waals surface area contributed by atoms with E-state index in [1.807, 2.05) is 30.3 Å². The largest absolute Gasteiger partial charge is 0.457 e. The zero-order chi connectivity index (χ0) is 15.1. The molecule has 0 aromatic heterocycles. The van der Waals surface area contributed by atoms with E-state index in [4.69, 9.17) is 9.47 Å². The van der Waals surface area contributed by atoms with Crippen LogP contribution >= 0.6 is 0 Å². The molecule has 21 heavy (non-hydrogen) atoms. The molecule has 5 heteroatoms. The Balaban J connectivity index is 2.03. The number of benzene rings is 2. The number of amides is 1. The molecular weight excluding hydrogens is 270 g/mol. The van der Waals surface area contributed by atoms with Crippen LogP contribution in [0, 0.1) is 0 Å². The van der Waals surface area contributed by atoms with Gasteiger partial charge >= 0.3 is 5.97 Å². The smallest absolute Gasteiger partial charge is 0.338 e. The topological polar surface area (TPSA) is 64.6 Å². The molecule has 5 nitrogen and oxygen atoms in total. The summed E-state index contributed by atoms with van der Waals surface area (Å²) in [5.74, 6) is 0.265. The second-order valence-corrected chi connectivity index (χ2v) is 4.19. The van der Waals surface area contributed by atoms with Crippen molar-refractivity contribution in [2.24, 2.45) is 0 Å². The first-order chi connectivity index (χ1) is 10.2. The molecule has 0 atom stereocenters. The van der Waals surface area contributed by atoms with E-state index in [0.717, 1.165) is 0 Å². The van der Waals surface area contributed by atoms with Crippen molar-refractivity contribution >= 4 is 11.9 Å². The van der Waals surface area contributed by atoms with E-state index in [1.165, 1.54) is 7.05 Å². The van der Waals surface area contributed by atoms with E-state index in [-0.39, 0.29) is 12.5 Å². The molecule has 0 aliphatic rings. The van der Waals surface area contributed by atoms with E-state index >= 15 is 0 Å². The minimum absolute atomic E-state index is 0.306. The highest BCUT2D eigenvalue weighted by molar-refractivity contribution is 5.91. The number of ether oxygens (including phenoxy) is 2. The normalized spacial score (nSPS) is 9.76. The number of hydrogen-bond acceptors (Lipinski definition) is 4. The van der Waals surface area contributed by atoms with Gasteiger partial charge in [0.25, 0.3) is 5.91 Å². The van der Waals surface area contributed by atoms with Crippen LogP contribution in [0.3, 0.4) is 0 Å². The van der Waals surface area contributed by atoms with E-state index in [9.17, 15) is 9.59 Å². The molecule has 1 N–H and O–H groups in total. The van der Waals surface area contributed by atoms with E-state index in [2.05, 4.69) is 5.32 Å². The molecule has 0 unspecified atom stereocenters. The molecule has 2 rings (SSSR count). The molecule has 0 aliphatic carbocycles. The van der Waals surface area contributed by atoms with Gasteiger partial charge < -0.3 is 14.8 Å². The summed E-state index contributed by atoms with van der Waals surface area (Å²) in [5.41, 5.74) is 0.326. The van der Waals surface area contributed by atoms with Crippen LogP contribution in [-0.4, -0.2) is 25.5 Å². The van der Waals surface area contributed by atoms with E-state index in [0.29, 0.717) is 17.1 Å². The first-order valence-electron chi connectivity index (χ1n) is 6.39. The van der Waals surface area contributed by atoms with Crippen molar-refractivity contribution < 1.29 is 19.1 Å². The predicted octanol–water partition coefficient (Wildman–Crippen LogP) is 2.38. The van der Waals surface area contributed by atoms with Gasteiger partial charge in [0.1, 0.15) is 11.5 Å². The van der Waals surface area contributed by atoms with Gasteiger partial charge in [0.15, 0.2) is 6.61 Å². The van der Waals surface area contributed by atoms with Crippen molar-refractivity contribution in [3.8, 4) is 11.5 Å². The maximum atomic E-state index is 11.8. The Hall–Kier alpha value is -2.82. The van der Waals surface area contributed by atoms with Crippen LogP contribution in [0.5, 0.6) is 11.5 Å². The average Bonchev–Trinajstić information content (AvgIpc) is 2.53. The quantitative estimate of drug-likeness (QED) is 0.857. The van der Waals surface area contributed by atoms with E-state index < -0.39 is 5.97 Å². The monoisotopic (exact) mass is 285 g/mol. The lowest BCUT2D eigenvalue weighted by atomic mass is 10.2. The number of likely N-dealkylation sites (N-methyl/N-ethyl adjacent to an activating group) is 1. The first kappa shape index (κ1) is 14.6. The summed E-state index contributed by atoms with van der Waals surface area (Å²) < 4.78 is 10.5. The molecule has 0 aliphatic heterocycles. The first-order valence-corrected chi connectivity index (χ1v) is 6.39. The molecule has 2 aromatic carbocycles. The Morgan fingerprint density at radius 2 is 1.71 bits per heavy atom. The lowest BCUT2D eigenvalue weighted by Crippen LogP contribution is -2.25. The van der Waals surface area contributed by atoms with Crippen molar-refractivity contribution in [3.05, 3.63) is 60.2 Å². The van der Waals surface area contributed by atoms with Crippen LogP contribution in [0.15, 0.2) is 54.6 Å². The van der Waals surface area contributed by atoms with Crippen molar-refractivity contribution in [2.45, 2.75) is 0 Å². The van der Waals surface area contributed by atoms with Gasteiger partial charge in [-0.05, 0) is 30.3 Å². The molecule has 108 valence electrons. The number of carbonyl (C=O) groups is 2. The molecule has 0 radical (unpaired) electrons. The number of nitrogens with one attached hydrogen (secondary N) is 1. The van der Waals surface area contributed by atoms with Crippen LogP contribution in [0.1, 0.15) is 10.4 Å². The van der Waals surface area contributed by atoms with Crippen LogP contribution in [-0.2, 0) is 9.53 Å². The Labute approximate surface area is 122 Å². The van der Waals surface area contributed by atoms with Crippen molar-refractivity contribution in [1.29, 1.82) is 0 Å². The molecule has 0 heterocycles. The standard InChI is InChI=1S/C16H15NO4/c1-17-15(18)11-20-16(19)12-6-5-9-14(10-12)21-13-7-3-2-4-8-13/h2-10H,11H2,1H3,(H,17,18). The Bertz CT molecular complexity index is 625. The Morgan fingerprint density at radius 1 is 1.00 bits per heavy atom. The zero-order valence-corrected chi connectivity index (χ0v) is 11.5. The molecule has 2 aromatic rings. The third-order valence-corrected chi connectivity index (χ3v) is 2.66. The summed E-state index contributed by atoms with van der Waals surface area (Å²) in [6, 6.07) is 15.8. The Kier molecular flexibility index (Phi) is 4.93. The van der Waals surface area contributed by atoms with Gasteiger partial charge in [0.2, 0.25) is 0 Å². The summed E-state index contributed by atoms with van der Waals surface area (Å²) in [4.78, 5) is 22.9. The third-order valence-electron chi connectivity index (χ3n) is 2.66. The lowest BCUT2D eigenvalue weighted by molar-refractivity contribution is -0.123. The molecule has 0 fully saturated rings. The highest BCUT2D eigenvalue weighted by Gasteiger charge is 2.10. The molecule has 0 bridgehead atoms. The number of esters is 1. The highest BCUT2D eigenvalue weighted by atomic mass is 16.5. The van der Waals surface area contributed by atoms with Gasteiger partial charge in [-0.3, -0.25) is 4.79 Å². The molecule has 0 saturated carbocycles. The maximum Gasteiger partial charge on any atom is 0.338 e. The minimum Gasteiger partial charge on any atom is -0.457 e. The number of para-hydroxylation sites is 1. The van der Waals surface area contributed by atoms with Crippen molar-refractivity contribution in [1.82, 2.24) is 5.32 Å². The second-order valence-electron chi connectivity index (χ2n) is 4.19. The lowest BCUT2D eigenvalue weighted by Gasteiger charge is -2.07. The fourth-order valence-electron chi connectivity index (χ4n) is 1.60. The summed E-state index contributed by atoms with van der Waals surface area (Å²) in [6.07, 6.45) is 0. The Morgan fingerprint density at radius 3 is 2.43 bits per heavy atom. The van der Waals surface area contributed by atoms with Gasteiger partial charge in [-0.2, -0.15) is 0 Å². The molecular formula is C16H15NO4. The highest BCUT2D eigenvalue weighted by Crippen LogP contribution is 2.22. The molecule has 0 spiro atoms. The van der Waals surface area contributed by atoms with Gasteiger partial charge in [-0.1, -0.05) is 24.3 Å². The van der Waals surface area contributed by atoms with Crippen molar-refractivity contribution in [3.63, 3.8) is 0 Å². The SMILES string of the molecule is CNC(=O)COC(=O)c1cccc(Oc2ccccc2)c1. The van der Waals surface area contributed by atoms with Gasteiger partial charge in [-0.15, -0.1) is 0 Å². The fourth-order valence-corrected chi connectivity index (χ4v) is 1.60. The van der Waals surface area contributed by atoms with Crippen LogP contribution < -0.4 is 10.1 Å². The molecule has 1 amide bonds. The number of rotatable bonds is 5. The predicted molar refractivity (Wildman–Crippen MR) is 77.3 cm³/mol. The summed E-state index contributed by atoms with van der Waals surface area (Å²) in [7, 11) is 1.48. The molecule has 0 saturated heterocycles. The van der Waals surface area contributed by atoms with Crippen LogP contribution in [0.4, 0.5) is 0 Å². The summed E-state index contributed by atoms with van der Waals surface area (Å²) >= 11 is 0. The van der Waals surface area contributed by atoms with E-state index in [1.54, 1.807) is 24.3 Å². The maximum absolute atomic E-state index is 11.8. The van der Waals surface area contributed by atoms with Crippen LogP contribution in [0.25, 0.3) is 0 Å². The van der Waals surface area contributed by atoms with Gasteiger partial charge in [-0.25, -0.2) is 4.79 Å². The summed E-state index contributed by atoms with van der Waals surface area (Å²) in [6.45, 7) is -0.306. The summed E-state index contributed by atoms with van der Waals surface area (Å²) in [5, 5.41) is 2.37. The number of carbonyl (C=O) groups excluding carboxylic acids is 2. The number of hydrogen-bond donors (Lipinski definition) is 1.